The van der Waals surface area contributed by atoms with Crippen molar-refractivity contribution in [3.05, 3.63) is 24.2 Å². The summed E-state index contributed by atoms with van der Waals surface area (Å²) in [5, 5.41) is 0. The Morgan fingerprint density at radius 1 is 1.11 bits per heavy atom. The number of carbonyl (C=O) groups excluding carboxylic acids is 1. The monoisotopic (exact) mass is 265 g/mol. The van der Waals surface area contributed by atoms with E-state index in [0.717, 1.165) is 13.0 Å². The van der Waals surface area contributed by atoms with Crippen molar-refractivity contribution in [1.82, 2.24) is 4.90 Å². The van der Waals surface area contributed by atoms with Gasteiger partial charge in [-0.05, 0) is 18.6 Å². The molecule has 0 atom stereocenters. The van der Waals surface area contributed by atoms with Crippen molar-refractivity contribution < 1.29 is 9.21 Å². The van der Waals surface area contributed by atoms with Gasteiger partial charge in [-0.25, -0.2) is 0 Å². The number of nitrogens with zero attached hydrogens (tertiary/aromatic N) is 1. The van der Waals surface area contributed by atoms with Crippen LogP contribution in [0.25, 0.3) is 0 Å². The lowest BCUT2D eigenvalue weighted by Crippen LogP contribution is -2.27. The van der Waals surface area contributed by atoms with Crippen LogP contribution in [-0.2, 0) is 0 Å². The van der Waals surface area contributed by atoms with Crippen molar-refractivity contribution in [3.8, 4) is 0 Å². The number of hydrogen-bond donors (Lipinski definition) is 0. The summed E-state index contributed by atoms with van der Waals surface area (Å²) in [4.78, 5) is 13.6. The van der Waals surface area contributed by atoms with E-state index in [0.29, 0.717) is 5.76 Å². The lowest BCUT2D eigenvalue weighted by Gasteiger charge is -2.15. The van der Waals surface area contributed by atoms with Gasteiger partial charge in [0.1, 0.15) is 0 Å². The van der Waals surface area contributed by atoms with Crippen molar-refractivity contribution >= 4 is 5.91 Å². The molecule has 1 amide bonds. The molecule has 0 bridgehead atoms. The van der Waals surface area contributed by atoms with Gasteiger partial charge in [0.2, 0.25) is 0 Å². The third kappa shape index (κ3) is 6.46. The average Bonchev–Trinajstić information content (AvgIpc) is 2.94. The Bertz CT molecular complexity index is 333. The van der Waals surface area contributed by atoms with E-state index in [1.807, 2.05) is 7.05 Å². The smallest absolute Gasteiger partial charge is 0.289 e. The zero-order valence-corrected chi connectivity index (χ0v) is 12.4. The fourth-order valence-corrected chi connectivity index (χ4v) is 2.17. The SMILES string of the molecule is CCCCCCCCCCN(C)C(=O)c1ccco1. The van der Waals surface area contributed by atoms with E-state index in [-0.39, 0.29) is 5.91 Å². The highest BCUT2D eigenvalue weighted by atomic mass is 16.3. The topological polar surface area (TPSA) is 33.5 Å². The molecule has 0 radical (unpaired) electrons. The standard InChI is InChI=1S/C16H27NO2/c1-3-4-5-6-7-8-9-10-13-17(2)16(18)15-12-11-14-19-15/h11-12,14H,3-10,13H2,1-2H3. The largest absolute Gasteiger partial charge is 0.459 e. The second-order valence-corrected chi connectivity index (χ2v) is 5.18. The maximum atomic E-state index is 11.9. The van der Waals surface area contributed by atoms with E-state index in [4.69, 9.17) is 4.42 Å². The molecule has 0 unspecified atom stereocenters. The van der Waals surface area contributed by atoms with E-state index < -0.39 is 0 Å². The minimum Gasteiger partial charge on any atom is -0.459 e. The summed E-state index contributed by atoms with van der Waals surface area (Å²) >= 11 is 0. The zero-order chi connectivity index (χ0) is 13.9. The van der Waals surface area contributed by atoms with Crippen molar-refractivity contribution in [2.75, 3.05) is 13.6 Å². The zero-order valence-electron chi connectivity index (χ0n) is 12.4. The Hall–Kier alpha value is -1.25. The number of furan rings is 1. The Labute approximate surface area is 117 Å². The van der Waals surface area contributed by atoms with Crippen molar-refractivity contribution in [2.24, 2.45) is 0 Å². The number of unbranched alkanes of at least 4 members (excludes halogenated alkanes) is 7. The molecule has 0 spiro atoms. The van der Waals surface area contributed by atoms with Crippen LogP contribution in [0.4, 0.5) is 0 Å². The van der Waals surface area contributed by atoms with Crippen LogP contribution in [-0.4, -0.2) is 24.4 Å². The first-order valence-electron chi connectivity index (χ1n) is 7.54. The Kier molecular flexibility index (Phi) is 8.03. The molecule has 1 aromatic heterocycles. The molecule has 0 aliphatic carbocycles. The van der Waals surface area contributed by atoms with E-state index in [9.17, 15) is 4.79 Å². The Morgan fingerprint density at radius 3 is 2.32 bits per heavy atom. The van der Waals surface area contributed by atoms with Crippen LogP contribution in [0.2, 0.25) is 0 Å². The number of carbonyl (C=O) groups is 1. The van der Waals surface area contributed by atoms with Crippen LogP contribution in [0.15, 0.2) is 22.8 Å². The van der Waals surface area contributed by atoms with Gasteiger partial charge in [0.15, 0.2) is 5.76 Å². The number of amides is 1. The average molecular weight is 265 g/mol. The first-order valence-corrected chi connectivity index (χ1v) is 7.54. The molecule has 1 aromatic rings. The van der Waals surface area contributed by atoms with Gasteiger partial charge in [-0.15, -0.1) is 0 Å². The highest BCUT2D eigenvalue weighted by molar-refractivity contribution is 5.91. The van der Waals surface area contributed by atoms with Crippen molar-refractivity contribution in [3.63, 3.8) is 0 Å². The summed E-state index contributed by atoms with van der Waals surface area (Å²) in [5.41, 5.74) is 0. The van der Waals surface area contributed by atoms with Gasteiger partial charge >= 0.3 is 0 Å². The van der Waals surface area contributed by atoms with Gasteiger partial charge in [-0.1, -0.05) is 51.9 Å². The van der Waals surface area contributed by atoms with Gasteiger partial charge in [-0.3, -0.25) is 4.79 Å². The molecular formula is C16H27NO2. The molecule has 0 aliphatic rings. The van der Waals surface area contributed by atoms with E-state index >= 15 is 0 Å². The van der Waals surface area contributed by atoms with Crippen LogP contribution in [0.3, 0.4) is 0 Å². The van der Waals surface area contributed by atoms with E-state index in [1.54, 1.807) is 17.0 Å². The normalized spacial score (nSPS) is 10.6. The van der Waals surface area contributed by atoms with Crippen LogP contribution in [0.1, 0.15) is 68.8 Å². The molecule has 0 aliphatic heterocycles. The summed E-state index contributed by atoms with van der Waals surface area (Å²) in [6, 6.07) is 3.46. The Morgan fingerprint density at radius 2 is 1.74 bits per heavy atom. The molecule has 0 fully saturated rings. The van der Waals surface area contributed by atoms with Gasteiger partial charge in [0.05, 0.1) is 6.26 Å². The molecule has 0 N–H and O–H groups in total. The Balaban J connectivity index is 2.01. The lowest BCUT2D eigenvalue weighted by atomic mass is 10.1. The van der Waals surface area contributed by atoms with Crippen molar-refractivity contribution in [1.29, 1.82) is 0 Å². The fourth-order valence-electron chi connectivity index (χ4n) is 2.17. The molecule has 108 valence electrons. The van der Waals surface area contributed by atoms with Crippen LogP contribution >= 0.6 is 0 Å². The minimum atomic E-state index is -0.0204. The summed E-state index contributed by atoms with van der Waals surface area (Å²) in [6.45, 7) is 3.06. The second kappa shape index (κ2) is 9.65. The first kappa shape index (κ1) is 15.8. The molecule has 0 saturated heterocycles. The number of hydrogen-bond acceptors (Lipinski definition) is 2. The molecular weight excluding hydrogens is 238 g/mol. The third-order valence-electron chi connectivity index (χ3n) is 3.43. The molecule has 3 heteroatoms. The van der Waals surface area contributed by atoms with Gasteiger partial charge in [-0.2, -0.15) is 0 Å². The second-order valence-electron chi connectivity index (χ2n) is 5.18. The van der Waals surface area contributed by atoms with Gasteiger partial charge in [0, 0.05) is 13.6 Å². The molecule has 1 rings (SSSR count). The van der Waals surface area contributed by atoms with E-state index in [2.05, 4.69) is 6.92 Å². The molecule has 3 nitrogen and oxygen atoms in total. The highest BCUT2D eigenvalue weighted by Crippen LogP contribution is 2.10. The lowest BCUT2D eigenvalue weighted by molar-refractivity contribution is 0.0761. The molecule has 19 heavy (non-hydrogen) atoms. The van der Waals surface area contributed by atoms with Crippen LogP contribution < -0.4 is 0 Å². The highest BCUT2D eigenvalue weighted by Gasteiger charge is 2.13. The fraction of sp³-hybridized carbons (Fsp3) is 0.688. The summed E-state index contributed by atoms with van der Waals surface area (Å²) in [6.07, 6.45) is 11.8. The van der Waals surface area contributed by atoms with E-state index in [1.165, 1.54) is 51.2 Å². The third-order valence-corrected chi connectivity index (χ3v) is 3.43. The minimum absolute atomic E-state index is 0.0204. The summed E-state index contributed by atoms with van der Waals surface area (Å²) in [7, 11) is 1.84. The summed E-state index contributed by atoms with van der Waals surface area (Å²) in [5.74, 6) is 0.412. The first-order chi connectivity index (χ1) is 9.25. The maximum Gasteiger partial charge on any atom is 0.289 e. The van der Waals surface area contributed by atoms with Crippen LogP contribution in [0, 0.1) is 0 Å². The van der Waals surface area contributed by atoms with Crippen molar-refractivity contribution in [2.45, 2.75) is 58.3 Å². The predicted octanol–water partition coefficient (Wildman–Crippen LogP) is 4.49. The number of rotatable bonds is 10. The van der Waals surface area contributed by atoms with Gasteiger partial charge < -0.3 is 9.32 Å². The quantitative estimate of drug-likeness (QED) is 0.584. The molecule has 1 heterocycles. The van der Waals surface area contributed by atoms with Gasteiger partial charge in [0.25, 0.3) is 5.91 Å². The summed E-state index contributed by atoms with van der Waals surface area (Å²) < 4.78 is 5.11. The molecule has 0 aromatic carbocycles. The molecule has 0 saturated carbocycles. The van der Waals surface area contributed by atoms with Crippen LogP contribution in [0.5, 0.6) is 0 Å². The maximum absolute atomic E-state index is 11.9. The predicted molar refractivity (Wildman–Crippen MR) is 78.3 cm³/mol.